The normalized spacial score (nSPS) is 11.7. The van der Waals surface area contributed by atoms with E-state index < -0.39 is 0 Å². The van der Waals surface area contributed by atoms with E-state index in [0.29, 0.717) is 17.8 Å². The van der Waals surface area contributed by atoms with Crippen molar-refractivity contribution in [1.82, 2.24) is 4.90 Å². The van der Waals surface area contributed by atoms with Gasteiger partial charge in [0.2, 0.25) is 0 Å². The Labute approximate surface area is 201 Å². The predicted octanol–water partition coefficient (Wildman–Crippen LogP) is 6.28. The summed E-state index contributed by atoms with van der Waals surface area (Å²) < 4.78 is 0. The van der Waals surface area contributed by atoms with Gasteiger partial charge in [-0.15, -0.1) is 0 Å². The zero-order chi connectivity index (χ0) is 25.4. The van der Waals surface area contributed by atoms with Crippen LogP contribution in [-0.2, 0) is 10.2 Å². The smallest absolute Gasteiger partial charge is 0.191 e. The summed E-state index contributed by atoms with van der Waals surface area (Å²) in [5, 5.41) is 3.11. The largest absolute Gasteiger partial charge is 0.388 e. The van der Waals surface area contributed by atoms with Crippen LogP contribution < -0.4 is 11.1 Å². The Morgan fingerprint density at radius 2 is 1.73 bits per heavy atom. The average Bonchev–Trinajstić information content (AvgIpc) is 2.79. The average molecular weight is 453 g/mol. The number of aliphatic imine (C=N–C) groups is 1. The van der Waals surface area contributed by atoms with E-state index in [0.717, 1.165) is 23.1 Å². The maximum absolute atomic E-state index is 10.9. The van der Waals surface area contributed by atoms with E-state index in [-0.39, 0.29) is 6.04 Å². The molecular formula is C28H44N4O. The van der Waals surface area contributed by atoms with Crippen LogP contribution in [0.4, 0.5) is 5.69 Å². The molecular weight excluding hydrogens is 408 g/mol. The molecule has 1 atom stereocenters. The first-order valence-electron chi connectivity index (χ1n) is 11.5. The first-order valence-corrected chi connectivity index (χ1v) is 11.5. The highest BCUT2D eigenvalue weighted by Crippen LogP contribution is 2.26. The van der Waals surface area contributed by atoms with Gasteiger partial charge in [-0.25, -0.2) is 4.99 Å². The van der Waals surface area contributed by atoms with Gasteiger partial charge in [-0.2, -0.15) is 0 Å². The fraction of sp³-hybridized carbons (Fsp3) is 0.429. The van der Waals surface area contributed by atoms with Crippen LogP contribution in [0, 0.1) is 0 Å². The molecule has 0 saturated carbocycles. The molecule has 0 heterocycles. The molecule has 2 aromatic rings. The highest BCUT2D eigenvalue weighted by molar-refractivity contribution is 5.78. The van der Waals surface area contributed by atoms with Crippen molar-refractivity contribution < 1.29 is 4.79 Å². The Kier molecular flexibility index (Phi) is 14.2. The number of aldehydes is 1. The summed E-state index contributed by atoms with van der Waals surface area (Å²) >= 11 is 0. The van der Waals surface area contributed by atoms with Gasteiger partial charge in [0, 0.05) is 33.3 Å². The van der Waals surface area contributed by atoms with Crippen LogP contribution in [0.25, 0.3) is 6.08 Å². The lowest BCUT2D eigenvalue weighted by Gasteiger charge is -2.18. The highest BCUT2D eigenvalue weighted by atomic mass is 16.1. The predicted molar refractivity (Wildman–Crippen MR) is 146 cm³/mol. The molecule has 0 radical (unpaired) electrons. The summed E-state index contributed by atoms with van der Waals surface area (Å²) in [5.74, 6) is 0.399. The van der Waals surface area contributed by atoms with Crippen LogP contribution in [0.5, 0.6) is 0 Å². The Balaban J connectivity index is 0.000000653. The molecule has 0 spiro atoms. The number of rotatable bonds is 6. The van der Waals surface area contributed by atoms with Crippen molar-refractivity contribution in [3.05, 3.63) is 71.8 Å². The highest BCUT2D eigenvalue weighted by Gasteiger charge is 2.13. The summed E-state index contributed by atoms with van der Waals surface area (Å²) in [6, 6.07) is 16.1. The molecule has 2 aromatic carbocycles. The Morgan fingerprint density at radius 1 is 1.15 bits per heavy atom. The molecule has 0 bridgehead atoms. The summed E-state index contributed by atoms with van der Waals surface area (Å²) in [4.78, 5) is 17.0. The number of hydrogen-bond acceptors (Lipinski definition) is 3. The second kappa shape index (κ2) is 15.7. The van der Waals surface area contributed by atoms with Gasteiger partial charge in [-0.1, -0.05) is 96.2 Å². The summed E-state index contributed by atoms with van der Waals surface area (Å²) in [6.45, 7) is 14.7. The number of benzene rings is 2. The van der Waals surface area contributed by atoms with Crippen molar-refractivity contribution >= 4 is 24.0 Å². The number of carbonyl (C=O) groups is 1. The summed E-state index contributed by atoms with van der Waals surface area (Å²) in [5.41, 5.74) is 10.4. The molecule has 0 aliphatic carbocycles. The van der Waals surface area contributed by atoms with Crippen LogP contribution in [-0.4, -0.2) is 38.3 Å². The van der Waals surface area contributed by atoms with Gasteiger partial charge in [-0.3, -0.25) is 0 Å². The molecule has 0 saturated heterocycles. The molecule has 1 unspecified atom stereocenters. The van der Waals surface area contributed by atoms with Gasteiger partial charge in [-0.05, 0) is 28.2 Å². The number of nitrogens with one attached hydrogen (secondary N) is 1. The molecule has 0 fully saturated rings. The number of carbonyl (C=O) groups excluding carboxylic acids is 1. The van der Waals surface area contributed by atoms with Crippen LogP contribution in [0.1, 0.15) is 70.2 Å². The molecule has 33 heavy (non-hydrogen) atoms. The van der Waals surface area contributed by atoms with Crippen molar-refractivity contribution in [2.75, 3.05) is 26.5 Å². The van der Waals surface area contributed by atoms with Crippen molar-refractivity contribution in [1.29, 1.82) is 0 Å². The molecule has 0 amide bonds. The number of guanidine groups is 1. The Morgan fingerprint density at radius 3 is 2.12 bits per heavy atom. The SMILES string of the molecule is C=Cc1ccc(C(CC=O)N=C(N)N(C)C)cc1NC.CC(C)(C)c1ccccc1.CCC. The lowest BCUT2D eigenvalue weighted by atomic mass is 9.87. The van der Waals surface area contributed by atoms with E-state index in [1.54, 1.807) is 11.0 Å². The quantitative estimate of drug-likeness (QED) is 0.307. The van der Waals surface area contributed by atoms with E-state index in [9.17, 15) is 4.79 Å². The molecule has 182 valence electrons. The third-order valence-electron chi connectivity index (χ3n) is 4.66. The van der Waals surface area contributed by atoms with Crippen LogP contribution in [0.2, 0.25) is 0 Å². The molecule has 0 aliphatic heterocycles. The zero-order valence-corrected chi connectivity index (χ0v) is 21.9. The molecule has 5 nitrogen and oxygen atoms in total. The van der Waals surface area contributed by atoms with Gasteiger partial charge in [0.25, 0.3) is 0 Å². The number of nitrogens with zero attached hydrogens (tertiary/aromatic N) is 2. The van der Waals surface area contributed by atoms with Crippen LogP contribution >= 0.6 is 0 Å². The number of anilines is 1. The van der Waals surface area contributed by atoms with E-state index in [2.05, 4.69) is 81.8 Å². The first-order chi connectivity index (χ1) is 15.5. The van der Waals surface area contributed by atoms with Crippen LogP contribution in [0.15, 0.2) is 60.1 Å². The Hall–Kier alpha value is -3.08. The van der Waals surface area contributed by atoms with Crippen molar-refractivity contribution in [2.45, 2.75) is 58.9 Å². The maximum atomic E-state index is 10.9. The van der Waals surface area contributed by atoms with Gasteiger partial charge in [0.15, 0.2) is 5.96 Å². The minimum absolute atomic E-state index is 0.277. The maximum Gasteiger partial charge on any atom is 0.191 e. The second-order valence-electron chi connectivity index (χ2n) is 8.92. The fourth-order valence-corrected chi connectivity index (χ4v) is 2.74. The van der Waals surface area contributed by atoms with E-state index in [4.69, 9.17) is 5.73 Å². The van der Waals surface area contributed by atoms with E-state index in [1.165, 1.54) is 12.0 Å². The Bertz CT molecular complexity index is 852. The lowest BCUT2D eigenvalue weighted by Crippen LogP contribution is -2.31. The number of hydrogen-bond donors (Lipinski definition) is 2. The lowest BCUT2D eigenvalue weighted by molar-refractivity contribution is -0.108. The minimum Gasteiger partial charge on any atom is -0.388 e. The molecule has 0 aromatic heterocycles. The third kappa shape index (κ3) is 11.4. The second-order valence-corrected chi connectivity index (χ2v) is 8.92. The van der Waals surface area contributed by atoms with Crippen molar-refractivity contribution in [3.8, 4) is 0 Å². The summed E-state index contributed by atoms with van der Waals surface area (Å²) in [7, 11) is 5.48. The van der Waals surface area contributed by atoms with Gasteiger partial charge in [0.05, 0.1) is 6.04 Å². The van der Waals surface area contributed by atoms with E-state index in [1.807, 2.05) is 39.3 Å². The van der Waals surface area contributed by atoms with Gasteiger partial charge in [0.1, 0.15) is 6.29 Å². The molecule has 0 aliphatic rings. The third-order valence-corrected chi connectivity index (χ3v) is 4.66. The van der Waals surface area contributed by atoms with Gasteiger partial charge >= 0.3 is 0 Å². The monoisotopic (exact) mass is 452 g/mol. The minimum atomic E-state index is -0.277. The zero-order valence-electron chi connectivity index (χ0n) is 21.9. The molecule has 2 rings (SSSR count). The van der Waals surface area contributed by atoms with E-state index >= 15 is 0 Å². The van der Waals surface area contributed by atoms with Crippen LogP contribution in [0.3, 0.4) is 0 Å². The first kappa shape index (κ1) is 29.9. The molecule has 3 N–H and O–H groups in total. The van der Waals surface area contributed by atoms with Crippen molar-refractivity contribution in [3.63, 3.8) is 0 Å². The fourth-order valence-electron chi connectivity index (χ4n) is 2.74. The van der Waals surface area contributed by atoms with Gasteiger partial charge < -0.3 is 20.7 Å². The topological polar surface area (TPSA) is 70.7 Å². The summed E-state index contributed by atoms with van der Waals surface area (Å²) in [6.07, 6.45) is 4.19. The molecule has 5 heteroatoms. The standard InChI is InChI=1S/C15H22N4O.C10H14.C3H8/c1-5-11-6-7-12(10-14(11)17-2)13(8-9-20)18-15(16)19(3)4;1-10(2,3)9-7-5-4-6-8-9;1-3-2/h5-7,9-10,13,17H,1,8H2,2-4H3,(H2,16,18);4-8H,1-3H3;3H2,1-2H3. The van der Waals surface area contributed by atoms with Crippen molar-refractivity contribution in [2.24, 2.45) is 10.7 Å². The number of nitrogens with two attached hydrogens (primary N) is 1.